The molecule has 0 aliphatic heterocycles. The van der Waals surface area contributed by atoms with Gasteiger partial charge in [0.05, 0.1) is 28.5 Å². The Balaban J connectivity index is 1.58. The molecule has 3 aromatic rings. The van der Waals surface area contributed by atoms with Gasteiger partial charge in [0.25, 0.3) is 5.91 Å². The van der Waals surface area contributed by atoms with Gasteiger partial charge in [-0.1, -0.05) is 35.7 Å². The minimum absolute atomic E-state index is 0.109. The number of carbonyl (C=O) groups is 2. The van der Waals surface area contributed by atoms with Gasteiger partial charge < -0.3 is 14.3 Å². The second-order valence-electron chi connectivity index (χ2n) is 6.82. The van der Waals surface area contributed by atoms with Crippen LogP contribution < -0.4 is 5.32 Å². The number of aliphatic hydroxyl groups is 1. The van der Waals surface area contributed by atoms with Crippen LogP contribution in [0.15, 0.2) is 47.1 Å². The first-order valence-corrected chi connectivity index (χ1v) is 10.7. The minimum Gasteiger partial charge on any atom is -0.460 e. The van der Waals surface area contributed by atoms with Crippen molar-refractivity contribution in [1.82, 2.24) is 9.97 Å². The average Bonchev–Trinajstić information content (AvgIpc) is 3.26. The van der Waals surface area contributed by atoms with Crippen LogP contribution >= 0.6 is 23.2 Å². The van der Waals surface area contributed by atoms with Crippen LogP contribution in [0.25, 0.3) is 11.3 Å². The Morgan fingerprint density at radius 3 is 2.62 bits per heavy atom. The number of benzene rings is 1. The molecule has 0 radical (unpaired) electrons. The first-order valence-electron chi connectivity index (χ1n) is 9.94. The Labute approximate surface area is 194 Å². The Morgan fingerprint density at radius 1 is 1.03 bits per heavy atom. The Kier molecular flexibility index (Phi) is 8.61. The number of carbonyl (C=O) groups excluding carboxylic acids is 2. The maximum Gasteiger partial charge on any atom is 0.376 e. The van der Waals surface area contributed by atoms with Crippen LogP contribution in [0.5, 0.6) is 0 Å². The third-order valence-corrected chi connectivity index (χ3v) is 5.19. The molecule has 0 unspecified atom stereocenters. The van der Waals surface area contributed by atoms with E-state index in [9.17, 15) is 9.59 Å². The number of hydrogen-bond acceptors (Lipinski definition) is 7. The van der Waals surface area contributed by atoms with Crippen molar-refractivity contribution in [3.05, 3.63) is 64.1 Å². The van der Waals surface area contributed by atoms with Gasteiger partial charge >= 0.3 is 12.0 Å². The van der Waals surface area contributed by atoms with E-state index in [-0.39, 0.29) is 25.0 Å². The van der Waals surface area contributed by atoms with Crippen molar-refractivity contribution in [2.24, 2.45) is 0 Å². The molecule has 0 aliphatic rings. The quantitative estimate of drug-likeness (QED) is 0.311. The van der Waals surface area contributed by atoms with Gasteiger partial charge in [-0.25, -0.2) is 9.78 Å². The number of ether oxygens (including phenoxy) is 1. The van der Waals surface area contributed by atoms with E-state index in [0.29, 0.717) is 33.3 Å². The smallest absolute Gasteiger partial charge is 0.376 e. The molecule has 0 saturated heterocycles. The number of pyridine rings is 1. The third-order valence-electron chi connectivity index (χ3n) is 4.45. The van der Waals surface area contributed by atoms with Crippen LogP contribution in [0.3, 0.4) is 0 Å². The van der Waals surface area contributed by atoms with E-state index in [1.807, 2.05) is 0 Å². The van der Waals surface area contributed by atoms with Crippen molar-refractivity contribution in [2.75, 3.05) is 18.5 Å². The summed E-state index contributed by atoms with van der Waals surface area (Å²) in [6.45, 7) is 0.393. The molecule has 0 bridgehead atoms. The Bertz CT molecular complexity index is 1090. The molecule has 8 nitrogen and oxygen atoms in total. The number of anilines is 1. The first-order chi connectivity index (χ1) is 15.5. The largest absolute Gasteiger partial charge is 0.460 e. The normalized spacial score (nSPS) is 10.7. The molecule has 1 amide bonds. The number of rotatable bonds is 10. The van der Waals surface area contributed by atoms with Crippen molar-refractivity contribution in [3.8, 4) is 11.3 Å². The first kappa shape index (κ1) is 23.7. The van der Waals surface area contributed by atoms with Gasteiger partial charge in [-0.2, -0.15) is 0 Å². The summed E-state index contributed by atoms with van der Waals surface area (Å²) in [7, 11) is 0. The van der Waals surface area contributed by atoms with Gasteiger partial charge in [-0.15, -0.1) is 0 Å². The van der Waals surface area contributed by atoms with Crippen molar-refractivity contribution < 1.29 is 23.8 Å². The fraction of sp³-hybridized carbons (Fsp3) is 0.273. The second kappa shape index (κ2) is 11.6. The lowest BCUT2D eigenvalue weighted by molar-refractivity contribution is 0.0461. The summed E-state index contributed by atoms with van der Waals surface area (Å²) in [6.07, 6.45) is 5.82. The van der Waals surface area contributed by atoms with Crippen LogP contribution in [0.1, 0.15) is 46.6 Å². The summed E-state index contributed by atoms with van der Waals surface area (Å²) in [5.74, 6) is -1.26. The molecule has 168 valence electrons. The summed E-state index contributed by atoms with van der Waals surface area (Å²) < 4.78 is 10.4. The molecular formula is C22H21Cl2N3O5. The van der Waals surface area contributed by atoms with Gasteiger partial charge in [-0.3, -0.25) is 15.1 Å². The zero-order valence-electron chi connectivity index (χ0n) is 17.0. The fourth-order valence-electron chi connectivity index (χ4n) is 2.78. The maximum absolute atomic E-state index is 12.6. The molecule has 2 N–H and O–H groups in total. The highest BCUT2D eigenvalue weighted by molar-refractivity contribution is 6.42. The van der Waals surface area contributed by atoms with Crippen LogP contribution in [-0.4, -0.2) is 40.2 Å². The number of aliphatic hydroxyl groups excluding tert-OH is 1. The van der Waals surface area contributed by atoms with E-state index in [2.05, 4.69) is 15.3 Å². The molecule has 0 saturated carbocycles. The molecule has 0 aliphatic carbocycles. The summed E-state index contributed by atoms with van der Waals surface area (Å²) >= 11 is 12.0. The lowest BCUT2D eigenvalue weighted by Crippen LogP contribution is -2.12. The van der Waals surface area contributed by atoms with Crippen molar-refractivity contribution in [3.63, 3.8) is 0 Å². The SMILES string of the molecule is O=C(Nc1ncc(C(=O)OCCCCCCO)o1)c1ccnc(-c2ccc(Cl)c(Cl)c2)c1. The second-order valence-corrected chi connectivity index (χ2v) is 7.63. The maximum atomic E-state index is 12.6. The van der Waals surface area contributed by atoms with E-state index in [4.69, 9.17) is 37.5 Å². The molecule has 32 heavy (non-hydrogen) atoms. The van der Waals surface area contributed by atoms with Crippen molar-refractivity contribution in [1.29, 1.82) is 0 Å². The molecule has 10 heteroatoms. The number of esters is 1. The van der Waals surface area contributed by atoms with Crippen molar-refractivity contribution >= 4 is 41.1 Å². The number of amides is 1. The predicted molar refractivity (Wildman–Crippen MR) is 120 cm³/mol. The topological polar surface area (TPSA) is 115 Å². The highest BCUT2D eigenvalue weighted by Gasteiger charge is 2.17. The van der Waals surface area contributed by atoms with E-state index >= 15 is 0 Å². The number of nitrogens with zero attached hydrogens (tertiary/aromatic N) is 2. The molecule has 2 heterocycles. The van der Waals surface area contributed by atoms with Gasteiger partial charge in [0.2, 0.25) is 5.76 Å². The Morgan fingerprint density at radius 2 is 1.84 bits per heavy atom. The highest BCUT2D eigenvalue weighted by Crippen LogP contribution is 2.28. The molecule has 1 aromatic carbocycles. The summed E-state index contributed by atoms with van der Waals surface area (Å²) in [5, 5.41) is 12.0. The minimum atomic E-state index is -0.661. The third kappa shape index (κ3) is 6.53. The number of unbranched alkanes of at least 4 members (excludes halogenated alkanes) is 3. The molecule has 0 spiro atoms. The van der Waals surface area contributed by atoms with Crippen LogP contribution in [-0.2, 0) is 4.74 Å². The lowest BCUT2D eigenvalue weighted by Gasteiger charge is -2.06. The number of halogens is 2. The monoisotopic (exact) mass is 477 g/mol. The van der Waals surface area contributed by atoms with E-state index < -0.39 is 11.9 Å². The summed E-state index contributed by atoms with van der Waals surface area (Å²) in [5.41, 5.74) is 1.55. The van der Waals surface area contributed by atoms with Crippen LogP contribution in [0, 0.1) is 0 Å². The molecule has 0 atom stereocenters. The van der Waals surface area contributed by atoms with Gasteiger partial charge in [0.1, 0.15) is 0 Å². The number of nitrogens with one attached hydrogen (secondary N) is 1. The summed E-state index contributed by atoms with van der Waals surface area (Å²) in [6, 6.07) is 8.05. The average molecular weight is 478 g/mol. The van der Waals surface area contributed by atoms with Crippen molar-refractivity contribution in [2.45, 2.75) is 25.7 Å². The number of aromatic nitrogens is 2. The van der Waals surface area contributed by atoms with E-state index in [1.54, 1.807) is 24.3 Å². The van der Waals surface area contributed by atoms with E-state index in [0.717, 1.165) is 19.3 Å². The van der Waals surface area contributed by atoms with Crippen LogP contribution in [0.4, 0.5) is 6.01 Å². The van der Waals surface area contributed by atoms with Gasteiger partial charge in [0, 0.05) is 23.9 Å². The number of oxazole rings is 1. The Hall–Kier alpha value is -2.94. The lowest BCUT2D eigenvalue weighted by atomic mass is 10.1. The predicted octanol–water partition coefficient (Wildman–Crippen LogP) is 5.01. The van der Waals surface area contributed by atoms with Gasteiger partial charge in [-0.05, 0) is 43.5 Å². The molecule has 0 fully saturated rings. The van der Waals surface area contributed by atoms with Crippen LogP contribution in [0.2, 0.25) is 10.0 Å². The highest BCUT2D eigenvalue weighted by atomic mass is 35.5. The fourth-order valence-corrected chi connectivity index (χ4v) is 3.08. The zero-order valence-corrected chi connectivity index (χ0v) is 18.5. The molecule has 3 rings (SSSR count). The molecular weight excluding hydrogens is 457 g/mol. The zero-order chi connectivity index (χ0) is 22.9. The van der Waals surface area contributed by atoms with Gasteiger partial charge in [0.15, 0.2) is 0 Å². The standard InChI is InChI=1S/C22H21Cl2N3O5/c23-16-6-5-14(11-17(16)24)18-12-15(7-8-25-18)20(29)27-22-26-13-19(32-22)21(30)31-10-4-2-1-3-9-28/h5-8,11-13,28H,1-4,9-10H2,(H,26,27,29). The molecule has 2 aromatic heterocycles. The number of hydrogen-bond donors (Lipinski definition) is 2. The van der Waals surface area contributed by atoms with E-state index in [1.165, 1.54) is 18.5 Å². The summed E-state index contributed by atoms with van der Waals surface area (Å²) in [4.78, 5) is 32.7.